The van der Waals surface area contributed by atoms with Crippen molar-refractivity contribution >= 4 is 20.2 Å². The topological polar surface area (TPSA) is 114 Å². The van der Waals surface area contributed by atoms with Crippen molar-refractivity contribution in [3.8, 4) is 0 Å². The van der Waals surface area contributed by atoms with Gasteiger partial charge in [-0.15, -0.1) is 0 Å². The van der Waals surface area contributed by atoms with Crippen LogP contribution in [-0.2, 0) is 20.2 Å². The van der Waals surface area contributed by atoms with Crippen LogP contribution in [0, 0.1) is 0 Å². The molecule has 0 aromatic heterocycles. The van der Waals surface area contributed by atoms with Crippen LogP contribution in [0.1, 0.15) is 83.1 Å². The van der Waals surface area contributed by atoms with Gasteiger partial charge in [-0.05, 0) is 24.3 Å². The van der Waals surface area contributed by atoms with Crippen LogP contribution in [0.15, 0.2) is 70.5 Å². The summed E-state index contributed by atoms with van der Waals surface area (Å²) in [5.41, 5.74) is 0. The van der Waals surface area contributed by atoms with Crippen molar-refractivity contribution in [1.29, 1.82) is 0 Å². The number of benzene rings is 2. The van der Waals surface area contributed by atoms with Crippen molar-refractivity contribution in [2.24, 2.45) is 0 Å². The molecule has 2 aromatic rings. The Balaban J connectivity index is -0.0000000721. The molecule has 6 nitrogen and oxygen atoms in total. The fourth-order valence-corrected chi connectivity index (χ4v) is 2.16. The highest BCUT2D eigenvalue weighted by atomic mass is 32.2. The van der Waals surface area contributed by atoms with Gasteiger partial charge in [0.05, 0.1) is 9.79 Å². The smallest absolute Gasteiger partial charge is 0.124 e. The summed E-state index contributed by atoms with van der Waals surface area (Å²) in [5, 5.41) is 0. The van der Waals surface area contributed by atoms with E-state index in [2.05, 4.69) is 0 Å². The first-order chi connectivity index (χ1) is 15.2. The van der Waals surface area contributed by atoms with Crippen LogP contribution in [0.3, 0.4) is 0 Å². The Bertz CT molecular complexity index is 676. The molecular weight excluding hydrogens is 448 g/mol. The normalized spacial score (nSPS) is 8.19. The summed E-state index contributed by atoms with van der Waals surface area (Å²) in [6.07, 6.45) is 0. The number of hydrogen-bond acceptors (Lipinski definition) is 6. The van der Waals surface area contributed by atoms with E-state index in [4.69, 9.17) is 0 Å². The maximum Gasteiger partial charge on any atom is 0.124 e. The van der Waals surface area contributed by atoms with Gasteiger partial charge in [0.1, 0.15) is 20.2 Å². The van der Waals surface area contributed by atoms with E-state index in [1.807, 2.05) is 83.1 Å². The third kappa shape index (κ3) is 30.5. The Morgan fingerprint density at radius 1 is 0.406 bits per heavy atom. The lowest BCUT2D eigenvalue weighted by molar-refractivity contribution is 0.461. The van der Waals surface area contributed by atoms with E-state index in [0.717, 1.165) is 0 Å². The van der Waals surface area contributed by atoms with Gasteiger partial charge < -0.3 is 9.11 Å². The fraction of sp³-hybridized carbons (Fsp3) is 0.500. The van der Waals surface area contributed by atoms with Crippen molar-refractivity contribution in [2.75, 3.05) is 0 Å². The molecule has 0 aliphatic carbocycles. The average Bonchev–Trinajstić information content (AvgIpc) is 2.87. The third-order valence-electron chi connectivity index (χ3n) is 2.06. The molecule has 0 heterocycles. The second-order valence-corrected chi connectivity index (χ2v) is 6.29. The molecule has 2 rings (SSSR count). The summed E-state index contributed by atoms with van der Waals surface area (Å²) in [5.74, 6) is 0. The summed E-state index contributed by atoms with van der Waals surface area (Å²) < 4.78 is 61.7. The van der Waals surface area contributed by atoms with Crippen molar-refractivity contribution in [1.82, 2.24) is 0 Å². The zero-order valence-corrected chi connectivity index (χ0v) is 23.7. The Morgan fingerprint density at radius 3 is 0.656 bits per heavy atom. The molecule has 192 valence electrons. The maximum absolute atomic E-state index is 10.3. The molecule has 0 atom stereocenters. The number of hydrogen-bond donors (Lipinski definition) is 0. The summed E-state index contributed by atoms with van der Waals surface area (Å²) >= 11 is 0. The zero-order chi connectivity index (χ0) is 27.2. The minimum atomic E-state index is -4.25. The summed E-state index contributed by atoms with van der Waals surface area (Å²) in [4.78, 5) is -0.370. The molecule has 0 fully saturated rings. The first-order valence-electron chi connectivity index (χ1n) is 11.2. The van der Waals surface area contributed by atoms with Gasteiger partial charge in [0.25, 0.3) is 0 Å². The average molecular weight is 495 g/mol. The van der Waals surface area contributed by atoms with Crippen LogP contribution in [-0.4, -0.2) is 25.9 Å². The van der Waals surface area contributed by atoms with Crippen LogP contribution in [0.4, 0.5) is 0 Å². The van der Waals surface area contributed by atoms with Gasteiger partial charge in [0.15, 0.2) is 0 Å². The van der Waals surface area contributed by atoms with E-state index >= 15 is 0 Å². The highest BCUT2D eigenvalue weighted by Gasteiger charge is 1.96. The van der Waals surface area contributed by atoms with Gasteiger partial charge in [0, 0.05) is 0 Å². The second-order valence-electron chi connectivity index (χ2n) is 3.53. The molecular formula is C24H46O6S2-2. The van der Waals surface area contributed by atoms with Gasteiger partial charge in [-0.2, -0.15) is 0 Å². The fourth-order valence-electron chi connectivity index (χ4n) is 1.17. The Kier molecular flexibility index (Phi) is 46.6. The molecule has 0 radical (unpaired) electrons. The Hall–Kier alpha value is -1.74. The molecule has 32 heavy (non-hydrogen) atoms. The highest BCUT2D eigenvalue weighted by Crippen LogP contribution is 2.05. The molecule has 0 saturated carbocycles. The molecule has 0 N–H and O–H groups in total. The van der Waals surface area contributed by atoms with Gasteiger partial charge in [-0.25, -0.2) is 16.8 Å². The van der Waals surface area contributed by atoms with Crippen molar-refractivity contribution in [2.45, 2.75) is 92.9 Å². The van der Waals surface area contributed by atoms with E-state index in [-0.39, 0.29) is 9.79 Å². The molecule has 2 aromatic carbocycles. The van der Waals surface area contributed by atoms with E-state index in [9.17, 15) is 25.9 Å². The number of rotatable bonds is 2. The molecule has 0 aliphatic rings. The first kappa shape index (κ1) is 44.0. The van der Waals surface area contributed by atoms with E-state index in [0.29, 0.717) is 0 Å². The van der Waals surface area contributed by atoms with Gasteiger partial charge in [-0.1, -0.05) is 119 Å². The van der Waals surface area contributed by atoms with E-state index < -0.39 is 20.2 Å². The predicted molar refractivity (Wildman–Crippen MR) is 137 cm³/mol. The van der Waals surface area contributed by atoms with Gasteiger partial charge in [-0.3, -0.25) is 0 Å². The third-order valence-corrected chi connectivity index (χ3v) is 3.76. The molecule has 0 spiro atoms. The van der Waals surface area contributed by atoms with Crippen molar-refractivity contribution < 1.29 is 25.9 Å². The van der Waals surface area contributed by atoms with Crippen LogP contribution >= 0.6 is 0 Å². The maximum atomic E-state index is 10.3. The molecule has 0 unspecified atom stereocenters. The van der Waals surface area contributed by atoms with Gasteiger partial charge in [0.2, 0.25) is 0 Å². The molecule has 0 bridgehead atoms. The van der Waals surface area contributed by atoms with E-state index in [1.165, 1.54) is 48.5 Å². The molecule has 8 heteroatoms. The second kappa shape index (κ2) is 33.9. The van der Waals surface area contributed by atoms with Crippen LogP contribution in [0.25, 0.3) is 0 Å². The monoisotopic (exact) mass is 494 g/mol. The quantitative estimate of drug-likeness (QED) is 0.403. The summed E-state index contributed by atoms with van der Waals surface area (Å²) in [6, 6.07) is 14.4. The summed E-state index contributed by atoms with van der Waals surface area (Å²) in [6.45, 7) is 24.0. The summed E-state index contributed by atoms with van der Waals surface area (Å²) in [7, 11) is -8.51. The lowest BCUT2D eigenvalue weighted by Gasteiger charge is -2.04. The molecule has 0 saturated heterocycles. The van der Waals surface area contributed by atoms with E-state index in [1.54, 1.807) is 12.1 Å². The van der Waals surface area contributed by atoms with Gasteiger partial charge >= 0.3 is 0 Å². The minimum absolute atomic E-state index is 0.185. The Morgan fingerprint density at radius 2 is 0.562 bits per heavy atom. The standard InChI is InChI=1S/2C6H6O3S.6C2H6/c2*7-10(8,9)6-4-2-1-3-5-6;6*1-2/h2*1-5H,(H,7,8,9);6*1-2H3/p-2. The Labute approximate surface area is 199 Å². The lowest BCUT2D eigenvalue weighted by Crippen LogP contribution is -1.96. The van der Waals surface area contributed by atoms with Crippen LogP contribution in [0.2, 0.25) is 0 Å². The molecule has 0 aliphatic heterocycles. The lowest BCUT2D eigenvalue weighted by atomic mass is 10.4. The van der Waals surface area contributed by atoms with Crippen LogP contribution < -0.4 is 0 Å². The molecule has 0 amide bonds. The first-order valence-corrected chi connectivity index (χ1v) is 14.0. The largest absolute Gasteiger partial charge is 0.744 e. The SMILES string of the molecule is CC.CC.CC.CC.CC.CC.O=S(=O)([O-])c1ccccc1.O=S(=O)([O-])c1ccccc1. The van der Waals surface area contributed by atoms with Crippen molar-refractivity contribution in [3.05, 3.63) is 60.7 Å². The van der Waals surface area contributed by atoms with Crippen LogP contribution in [0.5, 0.6) is 0 Å². The van der Waals surface area contributed by atoms with Crippen molar-refractivity contribution in [3.63, 3.8) is 0 Å². The zero-order valence-electron chi connectivity index (χ0n) is 22.0. The highest BCUT2D eigenvalue weighted by molar-refractivity contribution is 7.86. The minimum Gasteiger partial charge on any atom is -0.744 e. The predicted octanol–water partition coefficient (Wildman–Crippen LogP) is 7.34.